The Morgan fingerprint density at radius 2 is 2.00 bits per heavy atom. The first-order chi connectivity index (χ1) is 13.3. The van der Waals surface area contributed by atoms with E-state index in [0.717, 1.165) is 15.5 Å². The normalized spacial score (nSPS) is 24.6. The molecule has 0 spiro atoms. The molecule has 0 amide bonds. The molecule has 0 radical (unpaired) electrons. The SMILES string of the molecule is CCOC(=O)C1=C(C)NC2=C(C(=O)[C@@H](C(=O)OC)[C@@H](C)C2)[C@H]1c1ccc(C)s1. The highest BCUT2D eigenvalue weighted by molar-refractivity contribution is 7.12. The molecule has 150 valence electrons. The van der Waals surface area contributed by atoms with E-state index in [2.05, 4.69) is 5.32 Å². The zero-order chi connectivity index (χ0) is 20.6. The van der Waals surface area contributed by atoms with Gasteiger partial charge in [0, 0.05) is 26.7 Å². The number of Topliss-reactive ketones (excluding diaryl/α,β-unsaturated/α-hetero) is 1. The van der Waals surface area contributed by atoms with E-state index < -0.39 is 23.8 Å². The lowest BCUT2D eigenvalue weighted by molar-refractivity contribution is -0.151. The summed E-state index contributed by atoms with van der Waals surface area (Å²) >= 11 is 1.54. The van der Waals surface area contributed by atoms with Crippen molar-refractivity contribution in [1.82, 2.24) is 5.32 Å². The number of esters is 2. The van der Waals surface area contributed by atoms with Crippen molar-refractivity contribution < 1.29 is 23.9 Å². The van der Waals surface area contributed by atoms with Crippen molar-refractivity contribution in [3.63, 3.8) is 0 Å². The number of rotatable bonds is 4. The number of hydrogen-bond acceptors (Lipinski definition) is 7. The number of dihydropyridines is 1. The molecule has 3 rings (SSSR count). The molecule has 2 heterocycles. The monoisotopic (exact) mass is 403 g/mol. The predicted molar refractivity (Wildman–Crippen MR) is 106 cm³/mol. The molecule has 1 N–H and O–H groups in total. The summed E-state index contributed by atoms with van der Waals surface area (Å²) in [6.07, 6.45) is 0.537. The third-order valence-corrected chi connectivity index (χ3v) is 6.35. The van der Waals surface area contributed by atoms with Gasteiger partial charge < -0.3 is 14.8 Å². The zero-order valence-electron chi connectivity index (χ0n) is 16.8. The van der Waals surface area contributed by atoms with E-state index in [1.54, 1.807) is 6.92 Å². The summed E-state index contributed by atoms with van der Waals surface area (Å²) in [5, 5.41) is 3.24. The van der Waals surface area contributed by atoms with Crippen molar-refractivity contribution in [1.29, 1.82) is 0 Å². The lowest BCUT2D eigenvalue weighted by Gasteiger charge is -2.37. The Morgan fingerprint density at radius 1 is 1.29 bits per heavy atom. The minimum atomic E-state index is -0.865. The average molecular weight is 404 g/mol. The first-order valence-corrected chi connectivity index (χ1v) is 10.2. The van der Waals surface area contributed by atoms with Gasteiger partial charge in [0.2, 0.25) is 0 Å². The van der Waals surface area contributed by atoms with Crippen LogP contribution in [0.1, 0.15) is 42.9 Å². The molecule has 6 nitrogen and oxygen atoms in total. The smallest absolute Gasteiger partial charge is 0.336 e. The Balaban J connectivity index is 2.16. The van der Waals surface area contributed by atoms with E-state index >= 15 is 0 Å². The maximum atomic E-state index is 13.4. The van der Waals surface area contributed by atoms with Gasteiger partial charge in [-0.25, -0.2) is 4.79 Å². The summed E-state index contributed by atoms with van der Waals surface area (Å²) in [6.45, 7) is 7.67. The van der Waals surface area contributed by atoms with Crippen molar-refractivity contribution in [3.8, 4) is 0 Å². The number of ether oxygens (including phenoxy) is 2. The van der Waals surface area contributed by atoms with Gasteiger partial charge in [-0.15, -0.1) is 11.3 Å². The lowest BCUT2D eigenvalue weighted by Crippen LogP contribution is -2.43. The first-order valence-electron chi connectivity index (χ1n) is 9.36. The lowest BCUT2D eigenvalue weighted by atomic mass is 9.70. The molecule has 3 atom stereocenters. The first kappa shape index (κ1) is 20.3. The van der Waals surface area contributed by atoms with Gasteiger partial charge in [0.1, 0.15) is 5.92 Å². The molecule has 28 heavy (non-hydrogen) atoms. The van der Waals surface area contributed by atoms with Crippen molar-refractivity contribution in [2.24, 2.45) is 11.8 Å². The summed E-state index contributed by atoms with van der Waals surface area (Å²) in [6, 6.07) is 3.90. The number of hydrogen-bond donors (Lipinski definition) is 1. The Morgan fingerprint density at radius 3 is 2.57 bits per heavy atom. The molecule has 2 aliphatic rings. The van der Waals surface area contributed by atoms with Gasteiger partial charge in [0.15, 0.2) is 5.78 Å². The minimum Gasteiger partial charge on any atom is -0.468 e. The summed E-state index contributed by atoms with van der Waals surface area (Å²) in [5.41, 5.74) is 2.36. The summed E-state index contributed by atoms with van der Waals surface area (Å²) < 4.78 is 10.2. The molecule has 1 aromatic rings. The number of carbonyl (C=O) groups is 3. The van der Waals surface area contributed by atoms with Crippen LogP contribution in [0, 0.1) is 18.8 Å². The number of methoxy groups -OCH3 is 1. The highest BCUT2D eigenvalue weighted by Crippen LogP contribution is 2.46. The molecule has 1 aliphatic heterocycles. The molecule has 1 aliphatic carbocycles. The maximum absolute atomic E-state index is 13.4. The molecule has 0 aromatic carbocycles. The fraction of sp³-hybridized carbons (Fsp3) is 0.476. The maximum Gasteiger partial charge on any atom is 0.336 e. The minimum absolute atomic E-state index is 0.186. The summed E-state index contributed by atoms with van der Waals surface area (Å²) in [7, 11) is 1.29. The van der Waals surface area contributed by atoms with Gasteiger partial charge in [0.25, 0.3) is 0 Å². The summed E-state index contributed by atoms with van der Waals surface area (Å²) in [5.74, 6) is -2.85. The number of carbonyl (C=O) groups excluding carboxylic acids is 3. The van der Waals surface area contributed by atoms with E-state index in [4.69, 9.17) is 9.47 Å². The Hall–Kier alpha value is -2.41. The highest BCUT2D eigenvalue weighted by Gasteiger charge is 2.47. The van der Waals surface area contributed by atoms with Crippen LogP contribution >= 0.6 is 11.3 Å². The zero-order valence-corrected chi connectivity index (χ0v) is 17.6. The Kier molecular flexibility index (Phi) is 5.74. The van der Waals surface area contributed by atoms with Gasteiger partial charge in [-0.3, -0.25) is 9.59 Å². The van der Waals surface area contributed by atoms with Crippen LogP contribution in [-0.4, -0.2) is 31.4 Å². The molecule has 0 fully saturated rings. The third kappa shape index (κ3) is 3.39. The number of ketones is 1. The second-order valence-corrected chi connectivity index (χ2v) is 8.52. The van der Waals surface area contributed by atoms with Gasteiger partial charge in [-0.2, -0.15) is 0 Å². The summed E-state index contributed by atoms with van der Waals surface area (Å²) in [4.78, 5) is 40.5. The Bertz CT molecular complexity index is 894. The van der Waals surface area contributed by atoms with Crippen molar-refractivity contribution in [2.45, 2.75) is 40.0 Å². The Labute approximate surface area is 168 Å². The van der Waals surface area contributed by atoms with Crippen LogP contribution in [0.5, 0.6) is 0 Å². The highest BCUT2D eigenvalue weighted by atomic mass is 32.1. The fourth-order valence-corrected chi connectivity index (χ4v) is 5.05. The van der Waals surface area contributed by atoms with Crippen molar-refractivity contribution >= 4 is 29.1 Å². The second-order valence-electron chi connectivity index (χ2n) is 7.20. The van der Waals surface area contributed by atoms with E-state index in [1.165, 1.54) is 18.4 Å². The van der Waals surface area contributed by atoms with Crippen LogP contribution in [0.15, 0.2) is 34.7 Å². The number of aryl methyl sites for hydroxylation is 1. The molecular weight excluding hydrogens is 378 g/mol. The average Bonchev–Trinajstić information content (AvgIpc) is 3.06. The van der Waals surface area contributed by atoms with Crippen molar-refractivity contribution in [2.75, 3.05) is 13.7 Å². The quantitative estimate of drug-likeness (QED) is 0.614. The molecule has 0 saturated carbocycles. The molecular formula is C21H25NO5S. The van der Waals surface area contributed by atoms with Crippen LogP contribution in [0.3, 0.4) is 0 Å². The van der Waals surface area contributed by atoms with Crippen LogP contribution in [0.4, 0.5) is 0 Å². The number of nitrogens with one attached hydrogen (secondary N) is 1. The largest absolute Gasteiger partial charge is 0.468 e. The van der Waals surface area contributed by atoms with Crippen LogP contribution in [-0.2, 0) is 23.9 Å². The molecule has 7 heteroatoms. The predicted octanol–water partition coefficient (Wildman–Crippen LogP) is 3.23. The van der Waals surface area contributed by atoms with Crippen molar-refractivity contribution in [3.05, 3.63) is 44.4 Å². The van der Waals surface area contributed by atoms with E-state index in [1.807, 2.05) is 32.9 Å². The van der Waals surface area contributed by atoms with Gasteiger partial charge >= 0.3 is 11.9 Å². The van der Waals surface area contributed by atoms with Gasteiger partial charge in [-0.05, 0) is 45.2 Å². The van der Waals surface area contributed by atoms with Crippen LogP contribution < -0.4 is 5.32 Å². The second kappa shape index (κ2) is 7.91. The third-order valence-electron chi connectivity index (χ3n) is 5.28. The molecule has 0 unspecified atom stereocenters. The topological polar surface area (TPSA) is 81.7 Å². The fourth-order valence-electron chi connectivity index (χ4n) is 4.05. The van der Waals surface area contributed by atoms with Crippen LogP contribution in [0.2, 0.25) is 0 Å². The van der Waals surface area contributed by atoms with Crippen LogP contribution in [0.25, 0.3) is 0 Å². The molecule has 0 saturated heterocycles. The molecule has 1 aromatic heterocycles. The van der Waals surface area contributed by atoms with E-state index in [-0.39, 0.29) is 18.3 Å². The van der Waals surface area contributed by atoms with E-state index in [0.29, 0.717) is 23.3 Å². The van der Waals surface area contributed by atoms with Gasteiger partial charge in [-0.1, -0.05) is 6.92 Å². The number of allylic oxidation sites excluding steroid dienone is 3. The van der Waals surface area contributed by atoms with E-state index in [9.17, 15) is 14.4 Å². The standard InChI is InChI=1S/C21H25NO5S/c1-6-27-21(25)16-12(4)22-13-9-10(2)15(20(24)26-5)19(23)17(13)18(16)14-8-7-11(3)28-14/h7-8,10,15,18,22H,6,9H2,1-5H3/t10-,15-,18-/m0/s1. The van der Waals surface area contributed by atoms with Gasteiger partial charge in [0.05, 0.1) is 25.2 Å². The molecule has 0 bridgehead atoms. The number of thiophene rings is 1.